The third-order valence-corrected chi connectivity index (χ3v) is 5.65. The van der Waals surface area contributed by atoms with Crippen molar-refractivity contribution in [1.29, 1.82) is 0 Å². The van der Waals surface area contributed by atoms with Gasteiger partial charge in [-0.05, 0) is 43.2 Å². The number of halogens is 1. The lowest BCUT2D eigenvalue weighted by Gasteiger charge is -2.11. The van der Waals surface area contributed by atoms with Crippen molar-refractivity contribution in [2.75, 3.05) is 5.32 Å². The van der Waals surface area contributed by atoms with Crippen molar-refractivity contribution in [2.45, 2.75) is 45.4 Å². The van der Waals surface area contributed by atoms with Crippen LogP contribution in [0.5, 0.6) is 0 Å². The van der Waals surface area contributed by atoms with Crippen LogP contribution in [0.3, 0.4) is 0 Å². The predicted octanol–water partition coefficient (Wildman–Crippen LogP) is 7.30. The van der Waals surface area contributed by atoms with Gasteiger partial charge in [-0.15, -0.1) is 0 Å². The van der Waals surface area contributed by atoms with Gasteiger partial charge in [0.15, 0.2) is 5.82 Å². The fraction of sp³-hybridized carbons (Fsp3) is 0.304. The highest BCUT2D eigenvalue weighted by molar-refractivity contribution is 9.10. The molecule has 4 aromatic rings. The molecule has 0 bridgehead atoms. The van der Waals surface area contributed by atoms with Crippen LogP contribution < -0.4 is 5.32 Å². The highest BCUT2D eigenvalue weighted by atomic mass is 79.9. The number of H-pyrrole nitrogens is 1. The Balaban J connectivity index is 1.86. The molecule has 0 aliphatic heterocycles. The van der Waals surface area contributed by atoms with Crippen molar-refractivity contribution < 1.29 is 0 Å². The number of nitrogens with zero attached hydrogens (tertiary/aromatic N) is 2. The number of fused-ring (bicyclic) bond motifs is 3. The summed E-state index contributed by atoms with van der Waals surface area (Å²) < 4.78 is 1.06. The fourth-order valence-electron chi connectivity index (χ4n) is 3.77. The molecule has 0 spiro atoms. The number of pyridine rings is 1. The first-order valence-electron chi connectivity index (χ1n) is 10.0. The van der Waals surface area contributed by atoms with Crippen LogP contribution in [0.25, 0.3) is 21.9 Å². The van der Waals surface area contributed by atoms with E-state index in [-0.39, 0.29) is 0 Å². The molecule has 28 heavy (non-hydrogen) atoms. The number of rotatable bonds is 7. The smallest absolute Gasteiger partial charge is 0.157 e. The first-order chi connectivity index (χ1) is 13.7. The van der Waals surface area contributed by atoms with E-state index >= 15 is 0 Å². The van der Waals surface area contributed by atoms with Gasteiger partial charge in [0.25, 0.3) is 0 Å². The summed E-state index contributed by atoms with van der Waals surface area (Å²) in [6, 6.07) is 16.4. The molecular weight excluding hydrogens is 412 g/mol. The number of para-hydroxylation sites is 1. The molecule has 0 saturated carbocycles. The molecule has 0 unspecified atom stereocenters. The molecule has 0 saturated heterocycles. The van der Waals surface area contributed by atoms with Crippen LogP contribution in [0.15, 0.2) is 53.0 Å². The Morgan fingerprint density at radius 2 is 1.68 bits per heavy atom. The average Bonchev–Trinajstić information content (AvgIpc) is 3.16. The van der Waals surface area contributed by atoms with E-state index in [1.165, 1.54) is 0 Å². The van der Waals surface area contributed by atoms with Crippen LogP contribution in [0, 0.1) is 0 Å². The maximum absolute atomic E-state index is 5.05. The van der Waals surface area contributed by atoms with E-state index in [0.29, 0.717) is 5.92 Å². The van der Waals surface area contributed by atoms with Gasteiger partial charge in [0.2, 0.25) is 0 Å². The second-order valence-electron chi connectivity index (χ2n) is 7.23. The van der Waals surface area contributed by atoms with Crippen molar-refractivity contribution in [3.05, 3.63) is 58.8 Å². The minimum atomic E-state index is 0.460. The molecule has 4 rings (SSSR count). The second kappa shape index (κ2) is 8.31. The summed E-state index contributed by atoms with van der Waals surface area (Å²) in [5.41, 5.74) is 3.93. The molecular formula is C23H25BrN4. The molecule has 0 aliphatic carbocycles. The highest BCUT2D eigenvalue weighted by Gasteiger charge is 2.18. The number of imidazole rings is 1. The van der Waals surface area contributed by atoms with Gasteiger partial charge in [-0.25, -0.2) is 9.97 Å². The maximum Gasteiger partial charge on any atom is 0.157 e. The standard InChI is InChI=1S/C23H25BrN4/c1-3-7-15(8-4-2)22-27-20-18-9-5-6-10-19(18)26-23(21(20)28-22)25-17-13-11-16(24)12-14-17/h5-6,9-15H,3-4,7-8H2,1-2H3,(H,25,26)(H,27,28). The molecule has 2 aromatic heterocycles. The Labute approximate surface area is 173 Å². The van der Waals surface area contributed by atoms with E-state index in [1.54, 1.807) is 0 Å². The van der Waals surface area contributed by atoms with Crippen LogP contribution in [0.2, 0.25) is 0 Å². The SMILES string of the molecule is CCCC(CCC)c1nc2c([nH]1)c(Nc1ccc(Br)cc1)nc1ccccc12. The van der Waals surface area contributed by atoms with Gasteiger partial charge < -0.3 is 10.3 Å². The van der Waals surface area contributed by atoms with E-state index < -0.39 is 0 Å². The first kappa shape index (κ1) is 18.9. The molecule has 0 fully saturated rings. The maximum atomic E-state index is 5.05. The van der Waals surface area contributed by atoms with Gasteiger partial charge in [-0.2, -0.15) is 0 Å². The Morgan fingerprint density at radius 1 is 0.964 bits per heavy atom. The van der Waals surface area contributed by atoms with Gasteiger partial charge >= 0.3 is 0 Å². The number of hydrogen-bond donors (Lipinski definition) is 2. The molecule has 2 N–H and O–H groups in total. The molecule has 5 heteroatoms. The number of benzene rings is 2. The largest absolute Gasteiger partial charge is 0.339 e. The second-order valence-corrected chi connectivity index (χ2v) is 8.15. The Kier molecular flexibility index (Phi) is 5.62. The zero-order valence-corrected chi connectivity index (χ0v) is 17.9. The normalized spacial score (nSPS) is 11.6. The van der Waals surface area contributed by atoms with Crippen molar-refractivity contribution in [3.63, 3.8) is 0 Å². The van der Waals surface area contributed by atoms with Crippen LogP contribution in [-0.4, -0.2) is 15.0 Å². The van der Waals surface area contributed by atoms with Gasteiger partial charge in [0.05, 0.1) is 5.52 Å². The number of anilines is 2. The van der Waals surface area contributed by atoms with E-state index in [1.807, 2.05) is 36.4 Å². The monoisotopic (exact) mass is 436 g/mol. The lowest BCUT2D eigenvalue weighted by atomic mass is 9.98. The molecule has 2 aromatic carbocycles. The fourth-order valence-corrected chi connectivity index (χ4v) is 4.04. The van der Waals surface area contributed by atoms with E-state index in [0.717, 1.165) is 69.4 Å². The van der Waals surface area contributed by atoms with Crippen molar-refractivity contribution in [3.8, 4) is 0 Å². The van der Waals surface area contributed by atoms with Crippen LogP contribution in [0.4, 0.5) is 11.5 Å². The summed E-state index contributed by atoms with van der Waals surface area (Å²) in [6.45, 7) is 4.48. The molecule has 0 amide bonds. The average molecular weight is 437 g/mol. The van der Waals surface area contributed by atoms with Gasteiger partial charge in [0.1, 0.15) is 16.9 Å². The molecule has 0 aliphatic rings. The van der Waals surface area contributed by atoms with Crippen molar-refractivity contribution in [1.82, 2.24) is 15.0 Å². The van der Waals surface area contributed by atoms with E-state index in [4.69, 9.17) is 9.97 Å². The zero-order valence-electron chi connectivity index (χ0n) is 16.3. The summed E-state index contributed by atoms with van der Waals surface area (Å²) in [7, 11) is 0. The Bertz CT molecular complexity index is 1080. The highest BCUT2D eigenvalue weighted by Crippen LogP contribution is 2.33. The summed E-state index contributed by atoms with van der Waals surface area (Å²) in [5, 5.41) is 4.57. The van der Waals surface area contributed by atoms with E-state index in [9.17, 15) is 0 Å². The third-order valence-electron chi connectivity index (χ3n) is 5.12. The first-order valence-corrected chi connectivity index (χ1v) is 10.8. The van der Waals surface area contributed by atoms with Gasteiger partial charge in [-0.3, -0.25) is 0 Å². The third kappa shape index (κ3) is 3.76. The van der Waals surface area contributed by atoms with Crippen LogP contribution in [-0.2, 0) is 0 Å². The predicted molar refractivity (Wildman–Crippen MR) is 121 cm³/mol. The molecule has 2 heterocycles. The Morgan fingerprint density at radius 3 is 2.39 bits per heavy atom. The number of nitrogens with one attached hydrogen (secondary N) is 2. The summed E-state index contributed by atoms with van der Waals surface area (Å²) in [4.78, 5) is 13.6. The van der Waals surface area contributed by atoms with E-state index in [2.05, 4.69) is 52.2 Å². The van der Waals surface area contributed by atoms with Crippen LogP contribution in [0.1, 0.15) is 51.3 Å². The quantitative estimate of drug-likeness (QED) is 0.319. The lowest BCUT2D eigenvalue weighted by molar-refractivity contribution is 0.539. The number of hydrogen-bond acceptors (Lipinski definition) is 3. The minimum Gasteiger partial charge on any atom is -0.339 e. The van der Waals surface area contributed by atoms with Crippen LogP contribution >= 0.6 is 15.9 Å². The van der Waals surface area contributed by atoms with Crippen molar-refractivity contribution in [2.24, 2.45) is 0 Å². The summed E-state index contributed by atoms with van der Waals surface area (Å²) in [5.74, 6) is 2.36. The zero-order chi connectivity index (χ0) is 19.5. The summed E-state index contributed by atoms with van der Waals surface area (Å²) in [6.07, 6.45) is 4.61. The number of aromatic amines is 1. The minimum absolute atomic E-state index is 0.460. The van der Waals surface area contributed by atoms with Gasteiger partial charge in [-0.1, -0.05) is 60.8 Å². The van der Waals surface area contributed by atoms with Crippen molar-refractivity contribution >= 4 is 49.4 Å². The molecule has 144 valence electrons. The topological polar surface area (TPSA) is 53.6 Å². The molecule has 0 radical (unpaired) electrons. The Hall–Kier alpha value is -2.40. The number of aromatic nitrogens is 3. The summed E-state index contributed by atoms with van der Waals surface area (Å²) >= 11 is 3.49. The molecule has 4 nitrogen and oxygen atoms in total. The molecule has 0 atom stereocenters. The van der Waals surface area contributed by atoms with Gasteiger partial charge in [0, 0.05) is 21.5 Å². The lowest BCUT2D eigenvalue weighted by Crippen LogP contribution is -2.00.